The van der Waals surface area contributed by atoms with Crippen molar-refractivity contribution in [1.82, 2.24) is 9.80 Å². The van der Waals surface area contributed by atoms with Crippen molar-refractivity contribution >= 4 is 11.8 Å². The van der Waals surface area contributed by atoms with Gasteiger partial charge in [0.15, 0.2) is 0 Å². The first-order valence-corrected chi connectivity index (χ1v) is 9.18. The van der Waals surface area contributed by atoms with Crippen molar-refractivity contribution in [3.8, 4) is 0 Å². The molecule has 0 bridgehead atoms. The number of nitrogens with zero attached hydrogens (tertiary/aromatic N) is 3. The summed E-state index contributed by atoms with van der Waals surface area (Å²) in [6.45, 7) is 7.05. The van der Waals surface area contributed by atoms with E-state index in [9.17, 15) is 4.79 Å². The SMILES string of the molecule is O=C(O)N1CC2(CCN(Cc3ccc(N4CCCC4)cc3)CC2)C1. The lowest BCUT2D eigenvalue weighted by atomic mass is 9.72. The van der Waals surface area contributed by atoms with Crippen LogP contribution in [0.4, 0.5) is 10.5 Å². The third kappa shape index (κ3) is 3.09. The second-order valence-electron chi connectivity index (χ2n) is 7.78. The summed E-state index contributed by atoms with van der Waals surface area (Å²) in [6, 6.07) is 9.08. The average molecular weight is 329 g/mol. The van der Waals surface area contributed by atoms with E-state index < -0.39 is 6.09 Å². The number of rotatable bonds is 3. The first-order chi connectivity index (χ1) is 11.6. The first kappa shape index (κ1) is 15.8. The molecular formula is C19H27N3O2. The summed E-state index contributed by atoms with van der Waals surface area (Å²) in [7, 11) is 0. The number of carboxylic acid groups (broad SMARTS) is 1. The number of benzene rings is 1. The second kappa shape index (κ2) is 6.28. The highest BCUT2D eigenvalue weighted by Crippen LogP contribution is 2.40. The fraction of sp³-hybridized carbons (Fsp3) is 0.632. The van der Waals surface area contributed by atoms with Gasteiger partial charge in [0.2, 0.25) is 0 Å². The molecule has 3 saturated heterocycles. The van der Waals surface area contributed by atoms with Crippen LogP contribution in [0.3, 0.4) is 0 Å². The highest BCUT2D eigenvalue weighted by molar-refractivity contribution is 5.66. The van der Waals surface area contributed by atoms with E-state index in [1.54, 1.807) is 4.90 Å². The van der Waals surface area contributed by atoms with E-state index in [4.69, 9.17) is 5.11 Å². The molecule has 0 saturated carbocycles. The lowest BCUT2D eigenvalue weighted by Crippen LogP contribution is -2.61. The fourth-order valence-corrected chi connectivity index (χ4v) is 4.45. The van der Waals surface area contributed by atoms with E-state index in [0.717, 1.165) is 45.6 Å². The number of carbonyl (C=O) groups is 1. The summed E-state index contributed by atoms with van der Waals surface area (Å²) in [5.41, 5.74) is 3.01. The van der Waals surface area contributed by atoms with Crippen molar-refractivity contribution in [2.75, 3.05) is 44.2 Å². The fourth-order valence-electron chi connectivity index (χ4n) is 4.45. The zero-order valence-electron chi connectivity index (χ0n) is 14.3. The molecule has 5 heteroatoms. The maximum absolute atomic E-state index is 10.9. The number of hydrogen-bond donors (Lipinski definition) is 1. The van der Waals surface area contributed by atoms with Gasteiger partial charge in [-0.2, -0.15) is 0 Å². The number of piperidine rings is 1. The van der Waals surface area contributed by atoms with Gasteiger partial charge < -0.3 is 14.9 Å². The van der Waals surface area contributed by atoms with Gasteiger partial charge in [0.05, 0.1) is 0 Å². The van der Waals surface area contributed by atoms with Crippen LogP contribution < -0.4 is 4.90 Å². The quantitative estimate of drug-likeness (QED) is 0.926. The number of amides is 1. The van der Waals surface area contributed by atoms with E-state index in [1.807, 2.05) is 0 Å². The molecule has 1 aromatic rings. The van der Waals surface area contributed by atoms with Crippen LogP contribution in [0.5, 0.6) is 0 Å². The molecule has 1 N–H and O–H groups in total. The maximum Gasteiger partial charge on any atom is 0.407 e. The van der Waals surface area contributed by atoms with Gasteiger partial charge in [-0.05, 0) is 56.5 Å². The topological polar surface area (TPSA) is 47.0 Å². The van der Waals surface area contributed by atoms with E-state index in [0.29, 0.717) is 0 Å². The number of likely N-dealkylation sites (tertiary alicyclic amines) is 2. The number of anilines is 1. The lowest BCUT2D eigenvalue weighted by Gasteiger charge is -2.52. The summed E-state index contributed by atoms with van der Waals surface area (Å²) in [5.74, 6) is 0. The lowest BCUT2D eigenvalue weighted by molar-refractivity contribution is -0.0352. The molecule has 130 valence electrons. The van der Waals surface area contributed by atoms with Gasteiger partial charge >= 0.3 is 6.09 Å². The minimum Gasteiger partial charge on any atom is -0.465 e. The molecule has 0 radical (unpaired) electrons. The van der Waals surface area contributed by atoms with Gasteiger partial charge in [-0.25, -0.2) is 4.79 Å². The molecular weight excluding hydrogens is 302 g/mol. The Hall–Kier alpha value is -1.75. The van der Waals surface area contributed by atoms with Crippen LogP contribution >= 0.6 is 0 Å². The molecule has 3 fully saturated rings. The Morgan fingerprint density at radius 1 is 1.00 bits per heavy atom. The summed E-state index contributed by atoms with van der Waals surface area (Å²) in [6.07, 6.45) is 4.12. The van der Waals surface area contributed by atoms with Crippen LogP contribution in [0.15, 0.2) is 24.3 Å². The van der Waals surface area contributed by atoms with Gasteiger partial charge in [-0.1, -0.05) is 12.1 Å². The molecule has 0 atom stereocenters. The zero-order chi connectivity index (χ0) is 16.6. The Labute approximate surface area is 143 Å². The van der Waals surface area contributed by atoms with E-state index >= 15 is 0 Å². The first-order valence-electron chi connectivity index (χ1n) is 9.18. The van der Waals surface area contributed by atoms with Crippen LogP contribution in [0, 0.1) is 5.41 Å². The second-order valence-corrected chi connectivity index (χ2v) is 7.78. The smallest absolute Gasteiger partial charge is 0.407 e. The van der Waals surface area contributed by atoms with Crippen LogP contribution in [0.2, 0.25) is 0 Å². The van der Waals surface area contributed by atoms with Crippen molar-refractivity contribution in [1.29, 1.82) is 0 Å². The van der Waals surface area contributed by atoms with E-state index in [1.165, 1.54) is 37.2 Å². The van der Waals surface area contributed by atoms with Crippen molar-refractivity contribution in [3.05, 3.63) is 29.8 Å². The molecule has 3 aliphatic heterocycles. The Bertz CT molecular complexity index is 579. The van der Waals surface area contributed by atoms with E-state index in [2.05, 4.69) is 34.1 Å². The molecule has 3 heterocycles. The summed E-state index contributed by atoms with van der Waals surface area (Å²) in [5, 5.41) is 9.01. The third-order valence-electron chi connectivity index (χ3n) is 6.05. The normalized spacial score (nSPS) is 23.5. The Morgan fingerprint density at radius 3 is 2.21 bits per heavy atom. The summed E-state index contributed by atoms with van der Waals surface area (Å²) < 4.78 is 0. The highest BCUT2D eigenvalue weighted by atomic mass is 16.4. The molecule has 0 aliphatic carbocycles. The maximum atomic E-state index is 10.9. The predicted molar refractivity (Wildman–Crippen MR) is 94.4 cm³/mol. The monoisotopic (exact) mass is 329 g/mol. The summed E-state index contributed by atoms with van der Waals surface area (Å²) in [4.78, 5) is 17.5. The van der Waals surface area contributed by atoms with Crippen molar-refractivity contribution in [2.24, 2.45) is 5.41 Å². The van der Waals surface area contributed by atoms with Crippen LogP contribution in [0.25, 0.3) is 0 Å². The predicted octanol–water partition coefficient (Wildman–Crippen LogP) is 2.86. The third-order valence-corrected chi connectivity index (χ3v) is 6.05. The minimum absolute atomic E-state index is 0.272. The van der Waals surface area contributed by atoms with Crippen LogP contribution in [-0.2, 0) is 6.54 Å². The van der Waals surface area contributed by atoms with Crippen molar-refractivity contribution in [2.45, 2.75) is 32.2 Å². The van der Waals surface area contributed by atoms with Gasteiger partial charge in [-0.3, -0.25) is 4.90 Å². The molecule has 1 amide bonds. The molecule has 24 heavy (non-hydrogen) atoms. The van der Waals surface area contributed by atoms with Gasteiger partial charge in [-0.15, -0.1) is 0 Å². The van der Waals surface area contributed by atoms with E-state index in [-0.39, 0.29) is 5.41 Å². The van der Waals surface area contributed by atoms with Gasteiger partial charge in [0, 0.05) is 43.8 Å². The molecule has 1 spiro atoms. The summed E-state index contributed by atoms with van der Waals surface area (Å²) >= 11 is 0. The van der Waals surface area contributed by atoms with Gasteiger partial charge in [0.25, 0.3) is 0 Å². The van der Waals surface area contributed by atoms with Gasteiger partial charge in [0.1, 0.15) is 0 Å². The van der Waals surface area contributed by atoms with Crippen molar-refractivity contribution in [3.63, 3.8) is 0 Å². The van der Waals surface area contributed by atoms with Crippen molar-refractivity contribution < 1.29 is 9.90 Å². The van der Waals surface area contributed by atoms with Crippen LogP contribution in [-0.4, -0.2) is 60.3 Å². The standard InChI is InChI=1S/C19H27N3O2/c23-18(24)22-14-19(15-22)7-11-20(12-8-19)13-16-3-5-17(6-4-16)21-9-1-2-10-21/h3-6H,1-2,7-15H2,(H,23,24). The zero-order valence-corrected chi connectivity index (χ0v) is 14.3. The average Bonchev–Trinajstić information content (AvgIpc) is 3.08. The molecule has 0 unspecified atom stereocenters. The highest BCUT2D eigenvalue weighted by Gasteiger charge is 2.46. The molecule has 5 nitrogen and oxygen atoms in total. The Kier molecular flexibility index (Phi) is 4.12. The Morgan fingerprint density at radius 2 is 1.62 bits per heavy atom. The molecule has 1 aromatic carbocycles. The molecule has 3 aliphatic rings. The molecule has 0 aromatic heterocycles. The van der Waals surface area contributed by atoms with Crippen LogP contribution in [0.1, 0.15) is 31.2 Å². The largest absolute Gasteiger partial charge is 0.465 e. The minimum atomic E-state index is -0.763. The Balaban J connectivity index is 1.27. The number of hydrogen-bond acceptors (Lipinski definition) is 3. The molecule has 4 rings (SSSR count).